The summed E-state index contributed by atoms with van der Waals surface area (Å²) in [5.41, 5.74) is 4.17. The van der Waals surface area contributed by atoms with E-state index in [1.54, 1.807) is 6.08 Å². The molecule has 19 heavy (non-hydrogen) atoms. The Balaban J connectivity index is 1.97. The van der Waals surface area contributed by atoms with E-state index >= 15 is 0 Å². The van der Waals surface area contributed by atoms with Gasteiger partial charge >= 0.3 is 0 Å². The highest BCUT2D eigenvalue weighted by Crippen LogP contribution is 2.28. The van der Waals surface area contributed by atoms with Crippen LogP contribution in [-0.4, -0.2) is 5.78 Å². The van der Waals surface area contributed by atoms with Crippen molar-refractivity contribution >= 4 is 17.4 Å². The first-order valence-corrected chi connectivity index (χ1v) is 6.40. The van der Waals surface area contributed by atoms with Crippen LogP contribution in [0, 0.1) is 0 Å². The second kappa shape index (κ2) is 5.07. The number of hydrogen-bond acceptors (Lipinski definition) is 1. The lowest BCUT2D eigenvalue weighted by molar-refractivity contribution is 0.104. The van der Waals surface area contributed by atoms with Crippen LogP contribution in [0.2, 0.25) is 0 Å². The van der Waals surface area contributed by atoms with Crippen molar-refractivity contribution in [3.05, 3.63) is 83.4 Å². The lowest BCUT2D eigenvalue weighted by Crippen LogP contribution is -1.99. The van der Waals surface area contributed by atoms with Crippen LogP contribution in [-0.2, 0) is 0 Å². The van der Waals surface area contributed by atoms with E-state index in [1.165, 1.54) is 5.56 Å². The molecule has 0 N–H and O–H groups in total. The average molecular weight is 246 g/mol. The monoisotopic (exact) mass is 246 g/mol. The molecular formula is C18H14O. The van der Waals surface area contributed by atoms with E-state index < -0.39 is 0 Å². The van der Waals surface area contributed by atoms with Crippen LogP contribution >= 0.6 is 0 Å². The van der Waals surface area contributed by atoms with E-state index in [1.807, 2.05) is 42.5 Å². The molecule has 1 nitrogen and oxygen atoms in total. The molecule has 1 aliphatic carbocycles. The molecule has 0 unspecified atom stereocenters. The van der Waals surface area contributed by atoms with Crippen LogP contribution in [0.15, 0.2) is 66.7 Å². The molecule has 92 valence electrons. The average Bonchev–Trinajstić information content (AvgIpc) is 2.48. The zero-order valence-electron chi connectivity index (χ0n) is 10.5. The minimum Gasteiger partial charge on any atom is -0.289 e. The van der Waals surface area contributed by atoms with Gasteiger partial charge in [0.1, 0.15) is 0 Å². The Hall–Kier alpha value is -2.41. The minimum absolute atomic E-state index is 0.0701. The molecule has 3 rings (SSSR count). The number of benzene rings is 2. The zero-order chi connectivity index (χ0) is 13.1. The number of fused-ring (bicyclic) bond motifs is 1. The smallest absolute Gasteiger partial charge is 0.186 e. The molecule has 1 aliphatic rings. The first-order valence-electron chi connectivity index (χ1n) is 6.40. The van der Waals surface area contributed by atoms with Gasteiger partial charge in [-0.3, -0.25) is 4.79 Å². The second-order valence-corrected chi connectivity index (χ2v) is 4.59. The van der Waals surface area contributed by atoms with Crippen LogP contribution in [0.4, 0.5) is 0 Å². The van der Waals surface area contributed by atoms with E-state index in [0.717, 1.165) is 23.1 Å². The third-order valence-corrected chi connectivity index (χ3v) is 3.31. The quantitative estimate of drug-likeness (QED) is 0.568. The van der Waals surface area contributed by atoms with Crippen molar-refractivity contribution in [3.8, 4) is 0 Å². The molecule has 0 bridgehead atoms. The zero-order valence-corrected chi connectivity index (χ0v) is 10.5. The lowest BCUT2D eigenvalue weighted by atomic mass is 9.91. The molecule has 0 saturated carbocycles. The summed E-state index contributed by atoms with van der Waals surface area (Å²) < 4.78 is 0. The van der Waals surface area contributed by atoms with E-state index in [2.05, 4.69) is 24.3 Å². The van der Waals surface area contributed by atoms with Crippen LogP contribution in [0.3, 0.4) is 0 Å². The molecule has 0 heterocycles. The number of hydrogen-bond donors (Lipinski definition) is 0. The van der Waals surface area contributed by atoms with Crippen molar-refractivity contribution < 1.29 is 4.79 Å². The predicted molar refractivity (Wildman–Crippen MR) is 78.8 cm³/mol. The van der Waals surface area contributed by atoms with E-state index in [9.17, 15) is 4.79 Å². The van der Waals surface area contributed by atoms with Gasteiger partial charge in [-0.1, -0.05) is 66.7 Å². The highest BCUT2D eigenvalue weighted by atomic mass is 16.1. The number of allylic oxidation sites excluding steroid dienone is 3. The van der Waals surface area contributed by atoms with Gasteiger partial charge in [-0.25, -0.2) is 0 Å². The van der Waals surface area contributed by atoms with Gasteiger partial charge in [0.25, 0.3) is 0 Å². The Morgan fingerprint density at radius 2 is 1.68 bits per heavy atom. The van der Waals surface area contributed by atoms with Crippen LogP contribution in [0.25, 0.3) is 11.6 Å². The van der Waals surface area contributed by atoms with E-state index in [-0.39, 0.29) is 5.78 Å². The van der Waals surface area contributed by atoms with Crippen LogP contribution in [0.5, 0.6) is 0 Å². The molecule has 0 fully saturated rings. The summed E-state index contributed by atoms with van der Waals surface area (Å²) in [7, 11) is 0. The van der Waals surface area contributed by atoms with Gasteiger partial charge in [0.15, 0.2) is 5.78 Å². The molecule has 0 spiro atoms. The Morgan fingerprint density at radius 1 is 0.947 bits per heavy atom. The van der Waals surface area contributed by atoms with Crippen molar-refractivity contribution in [2.24, 2.45) is 0 Å². The van der Waals surface area contributed by atoms with Crippen molar-refractivity contribution in [3.63, 3.8) is 0 Å². The van der Waals surface area contributed by atoms with E-state index in [0.29, 0.717) is 0 Å². The summed E-state index contributed by atoms with van der Waals surface area (Å²) in [6.45, 7) is 0. The molecule has 0 atom stereocenters. The van der Waals surface area contributed by atoms with Crippen molar-refractivity contribution in [1.82, 2.24) is 0 Å². The molecule has 2 aromatic carbocycles. The summed E-state index contributed by atoms with van der Waals surface area (Å²) >= 11 is 0. The molecule has 2 aromatic rings. The Morgan fingerprint density at radius 3 is 2.53 bits per heavy atom. The van der Waals surface area contributed by atoms with Gasteiger partial charge < -0.3 is 0 Å². The maximum absolute atomic E-state index is 12.2. The predicted octanol–water partition coefficient (Wildman–Crippen LogP) is 4.37. The van der Waals surface area contributed by atoms with Gasteiger partial charge in [-0.05, 0) is 29.2 Å². The lowest BCUT2D eigenvalue weighted by Gasteiger charge is -2.13. The van der Waals surface area contributed by atoms with Crippen LogP contribution in [0.1, 0.15) is 27.9 Å². The highest BCUT2D eigenvalue weighted by molar-refractivity contribution is 6.09. The fourth-order valence-electron chi connectivity index (χ4n) is 2.34. The van der Waals surface area contributed by atoms with Gasteiger partial charge in [0.2, 0.25) is 0 Å². The number of ketones is 1. The third-order valence-electron chi connectivity index (χ3n) is 3.31. The van der Waals surface area contributed by atoms with Gasteiger partial charge in [0.05, 0.1) is 0 Å². The molecule has 0 amide bonds. The van der Waals surface area contributed by atoms with Gasteiger partial charge in [-0.15, -0.1) is 0 Å². The first kappa shape index (κ1) is 11.7. The maximum atomic E-state index is 12.2. The summed E-state index contributed by atoms with van der Waals surface area (Å²) in [4.78, 5) is 12.2. The fourth-order valence-corrected chi connectivity index (χ4v) is 2.34. The highest BCUT2D eigenvalue weighted by Gasteiger charge is 2.11. The van der Waals surface area contributed by atoms with Crippen molar-refractivity contribution in [2.75, 3.05) is 0 Å². The molecule has 0 aliphatic heterocycles. The number of carbonyl (C=O) groups excluding carboxylic acids is 1. The van der Waals surface area contributed by atoms with Crippen molar-refractivity contribution in [1.29, 1.82) is 0 Å². The maximum Gasteiger partial charge on any atom is 0.186 e. The summed E-state index contributed by atoms with van der Waals surface area (Å²) in [5, 5.41) is 0. The van der Waals surface area contributed by atoms with E-state index in [4.69, 9.17) is 0 Å². The largest absolute Gasteiger partial charge is 0.289 e. The van der Waals surface area contributed by atoms with Crippen molar-refractivity contribution in [2.45, 2.75) is 6.42 Å². The molecule has 0 radical (unpaired) electrons. The molecule has 0 saturated heterocycles. The standard InChI is InChI=1S/C18H14O/c19-18(15-8-2-1-3-9-15)13-16-11-6-10-14-7-4-5-12-17(14)16/h1-10,12-13H,11H2. The first-order chi connectivity index (χ1) is 9.34. The topological polar surface area (TPSA) is 17.1 Å². The van der Waals surface area contributed by atoms with Gasteiger partial charge in [-0.2, -0.15) is 0 Å². The number of carbonyl (C=O) groups is 1. The summed E-state index contributed by atoms with van der Waals surface area (Å²) in [6, 6.07) is 17.6. The number of rotatable bonds is 2. The SMILES string of the molecule is O=C(C=C1CC=Cc2ccccc21)c1ccccc1. The normalized spacial score (nSPS) is 15.3. The Kier molecular flexibility index (Phi) is 3.11. The Bertz CT molecular complexity index is 663. The fraction of sp³-hybridized carbons (Fsp3) is 0.0556. The second-order valence-electron chi connectivity index (χ2n) is 4.59. The third kappa shape index (κ3) is 2.41. The van der Waals surface area contributed by atoms with Gasteiger partial charge in [0, 0.05) is 5.56 Å². The Labute approximate surface area is 112 Å². The molecule has 0 aromatic heterocycles. The summed E-state index contributed by atoms with van der Waals surface area (Å²) in [5.74, 6) is 0.0701. The molecule has 1 heteroatoms. The minimum atomic E-state index is 0.0701. The molecular weight excluding hydrogens is 232 g/mol. The summed E-state index contributed by atoms with van der Waals surface area (Å²) in [6.07, 6.45) is 6.79. The van der Waals surface area contributed by atoms with Crippen LogP contribution < -0.4 is 0 Å².